The number of unbranched alkanes of at least 4 members (excludes halogenated alkanes) is 2. The molecule has 0 aromatic heterocycles. The summed E-state index contributed by atoms with van der Waals surface area (Å²) >= 11 is 5.15. The molecule has 0 spiro atoms. The predicted molar refractivity (Wildman–Crippen MR) is 104 cm³/mol. The zero-order chi connectivity index (χ0) is 18.9. The molecule has 0 N–H and O–H groups in total. The van der Waals surface area contributed by atoms with Crippen molar-refractivity contribution in [3.05, 3.63) is 24.3 Å². The quantitative estimate of drug-likeness (QED) is 0.483. The van der Waals surface area contributed by atoms with Crippen LogP contribution in [0.25, 0.3) is 0 Å². The molecule has 1 rings (SSSR count). The lowest BCUT2D eigenvalue weighted by molar-refractivity contribution is 0.273. The third kappa shape index (κ3) is 6.62. The summed E-state index contributed by atoms with van der Waals surface area (Å²) < 4.78 is 43.0. The average molecular weight is 410 g/mol. The van der Waals surface area contributed by atoms with Gasteiger partial charge in [-0.05, 0) is 37.1 Å². The topological polar surface area (TPSA) is 65.1 Å². The molecule has 1 aromatic rings. The molecule has 1 aromatic carbocycles. The second kappa shape index (κ2) is 10.6. The number of benzene rings is 1. The lowest BCUT2D eigenvalue weighted by Gasteiger charge is -2.22. The molecule has 25 heavy (non-hydrogen) atoms. The Morgan fingerprint density at radius 2 is 1.48 bits per heavy atom. The molecule has 0 atom stereocenters. The molecule has 0 heterocycles. The van der Waals surface area contributed by atoms with Crippen LogP contribution < -0.4 is 4.52 Å². The Bertz CT molecular complexity index is 648. The SMILES string of the molecule is CCCCN(CCCC)S(=O)(=O)c1ccc(OP(=S)(OC)OC)cc1. The molecule has 0 unspecified atom stereocenters. The Kier molecular flexibility index (Phi) is 9.56. The van der Waals surface area contributed by atoms with E-state index in [1.807, 2.05) is 13.8 Å². The minimum atomic E-state index is -3.52. The number of nitrogens with zero attached hydrogens (tertiary/aromatic N) is 1. The largest absolute Gasteiger partial charge is 0.424 e. The van der Waals surface area contributed by atoms with Crippen LogP contribution in [0.3, 0.4) is 0 Å². The Hall–Kier alpha value is -0.500. The third-order valence-corrected chi connectivity index (χ3v) is 8.01. The van der Waals surface area contributed by atoms with Crippen LogP contribution in [0.5, 0.6) is 5.75 Å². The molecule has 0 radical (unpaired) electrons. The fourth-order valence-electron chi connectivity index (χ4n) is 2.12. The maximum Gasteiger partial charge on any atom is 0.380 e. The second-order valence-corrected chi connectivity index (χ2v) is 10.6. The minimum absolute atomic E-state index is 0.246. The normalized spacial score (nSPS) is 12.5. The van der Waals surface area contributed by atoms with Gasteiger partial charge in [-0.15, -0.1) is 0 Å². The van der Waals surface area contributed by atoms with Crippen molar-refractivity contribution in [3.8, 4) is 5.75 Å². The summed E-state index contributed by atoms with van der Waals surface area (Å²) in [6.07, 6.45) is 3.58. The number of rotatable bonds is 12. The molecule has 0 bridgehead atoms. The summed E-state index contributed by atoms with van der Waals surface area (Å²) in [6.45, 7) is 2.33. The minimum Gasteiger partial charge on any atom is -0.424 e. The van der Waals surface area contributed by atoms with Gasteiger partial charge in [0.2, 0.25) is 10.0 Å². The highest BCUT2D eigenvalue weighted by Gasteiger charge is 2.24. The van der Waals surface area contributed by atoms with Gasteiger partial charge in [0.05, 0.1) is 4.90 Å². The maximum absolute atomic E-state index is 12.9. The first-order valence-corrected chi connectivity index (χ1v) is 12.3. The fourth-order valence-corrected chi connectivity index (χ4v) is 4.57. The van der Waals surface area contributed by atoms with Gasteiger partial charge in [0.15, 0.2) is 0 Å². The van der Waals surface area contributed by atoms with Crippen molar-refractivity contribution in [2.75, 3.05) is 27.3 Å². The summed E-state index contributed by atoms with van der Waals surface area (Å²) in [7, 11) is -0.681. The van der Waals surface area contributed by atoms with Gasteiger partial charge in [-0.3, -0.25) is 0 Å². The Balaban J connectivity index is 2.98. The third-order valence-electron chi connectivity index (χ3n) is 3.65. The number of sulfonamides is 1. The Morgan fingerprint density at radius 1 is 1.00 bits per heavy atom. The van der Waals surface area contributed by atoms with Crippen LogP contribution >= 0.6 is 6.72 Å². The van der Waals surface area contributed by atoms with Crippen molar-refractivity contribution in [2.45, 2.75) is 44.4 Å². The van der Waals surface area contributed by atoms with Crippen LogP contribution in [0, 0.1) is 0 Å². The van der Waals surface area contributed by atoms with Crippen LogP contribution in [0.1, 0.15) is 39.5 Å². The van der Waals surface area contributed by atoms with E-state index in [4.69, 9.17) is 25.4 Å². The van der Waals surface area contributed by atoms with E-state index in [0.29, 0.717) is 18.8 Å². The van der Waals surface area contributed by atoms with E-state index in [1.165, 1.54) is 26.4 Å². The zero-order valence-corrected chi connectivity index (χ0v) is 17.8. The summed E-state index contributed by atoms with van der Waals surface area (Å²) in [5, 5.41) is 0. The lowest BCUT2D eigenvalue weighted by Crippen LogP contribution is -2.33. The van der Waals surface area contributed by atoms with Crippen LogP contribution in [-0.2, 0) is 30.9 Å². The van der Waals surface area contributed by atoms with Crippen molar-refractivity contribution < 1.29 is 22.0 Å². The average Bonchev–Trinajstić information content (AvgIpc) is 2.62. The Labute approximate surface area is 156 Å². The second-order valence-electron chi connectivity index (χ2n) is 5.49. The van der Waals surface area contributed by atoms with Gasteiger partial charge >= 0.3 is 6.72 Å². The standard InChI is InChI=1S/C16H28NO5PS2/c1-5-7-13-17(14-8-6-2)25(18,19)16-11-9-15(10-12-16)22-23(24,20-3)21-4/h9-12H,5-8,13-14H2,1-4H3. The molecule has 0 aliphatic carbocycles. The first kappa shape index (κ1) is 22.5. The van der Waals surface area contributed by atoms with E-state index in [-0.39, 0.29) is 4.90 Å². The van der Waals surface area contributed by atoms with Gasteiger partial charge in [0.1, 0.15) is 5.75 Å². The molecule has 9 heteroatoms. The molecular weight excluding hydrogens is 381 g/mol. The molecular formula is C16H28NO5PS2. The predicted octanol–water partition coefficient (Wildman–Crippen LogP) is 4.17. The van der Waals surface area contributed by atoms with Crippen molar-refractivity contribution in [1.29, 1.82) is 0 Å². The van der Waals surface area contributed by atoms with Gasteiger partial charge in [-0.2, -0.15) is 4.31 Å². The number of hydrogen-bond donors (Lipinski definition) is 0. The maximum atomic E-state index is 12.9. The van der Waals surface area contributed by atoms with Crippen LogP contribution in [0.4, 0.5) is 0 Å². The first-order valence-electron chi connectivity index (χ1n) is 8.34. The lowest BCUT2D eigenvalue weighted by atomic mass is 10.3. The van der Waals surface area contributed by atoms with Crippen molar-refractivity contribution in [2.24, 2.45) is 0 Å². The zero-order valence-electron chi connectivity index (χ0n) is 15.3. The summed E-state index contributed by atoms with van der Waals surface area (Å²) in [5.41, 5.74) is 0. The van der Waals surface area contributed by atoms with Crippen molar-refractivity contribution in [1.82, 2.24) is 4.31 Å². The number of hydrogen-bond acceptors (Lipinski definition) is 6. The monoisotopic (exact) mass is 409 g/mol. The van der Waals surface area contributed by atoms with E-state index in [1.54, 1.807) is 16.4 Å². The van der Waals surface area contributed by atoms with E-state index in [0.717, 1.165) is 25.7 Å². The summed E-state index contributed by atoms with van der Waals surface area (Å²) in [6, 6.07) is 6.20. The van der Waals surface area contributed by atoms with Crippen LogP contribution in [-0.4, -0.2) is 40.0 Å². The highest BCUT2D eigenvalue weighted by atomic mass is 32.5. The van der Waals surface area contributed by atoms with Crippen LogP contribution in [0.15, 0.2) is 29.2 Å². The van der Waals surface area contributed by atoms with E-state index >= 15 is 0 Å². The van der Waals surface area contributed by atoms with Gasteiger partial charge in [0.25, 0.3) is 0 Å². The van der Waals surface area contributed by atoms with Crippen molar-refractivity contribution >= 4 is 28.5 Å². The molecule has 0 fully saturated rings. The van der Waals surface area contributed by atoms with Gasteiger partial charge < -0.3 is 13.6 Å². The van der Waals surface area contributed by atoms with E-state index in [9.17, 15) is 8.42 Å². The molecule has 0 aliphatic rings. The molecule has 144 valence electrons. The van der Waals surface area contributed by atoms with Crippen molar-refractivity contribution in [3.63, 3.8) is 0 Å². The summed E-state index contributed by atoms with van der Waals surface area (Å²) in [4.78, 5) is 0.246. The molecule has 0 aliphatic heterocycles. The van der Waals surface area contributed by atoms with Gasteiger partial charge in [-0.25, -0.2) is 8.42 Å². The highest BCUT2D eigenvalue weighted by Crippen LogP contribution is 2.48. The highest BCUT2D eigenvalue weighted by molar-refractivity contribution is 8.07. The smallest absolute Gasteiger partial charge is 0.380 e. The molecule has 0 amide bonds. The Morgan fingerprint density at radius 3 is 1.88 bits per heavy atom. The molecule has 0 saturated carbocycles. The fraction of sp³-hybridized carbons (Fsp3) is 0.625. The van der Waals surface area contributed by atoms with E-state index < -0.39 is 16.7 Å². The first-order chi connectivity index (χ1) is 11.8. The molecule has 6 nitrogen and oxygen atoms in total. The molecule has 0 saturated heterocycles. The van der Waals surface area contributed by atoms with Crippen LogP contribution in [0.2, 0.25) is 0 Å². The summed E-state index contributed by atoms with van der Waals surface area (Å²) in [5.74, 6) is 0.416. The van der Waals surface area contributed by atoms with Gasteiger partial charge in [-0.1, -0.05) is 26.7 Å². The van der Waals surface area contributed by atoms with Gasteiger partial charge in [0, 0.05) is 39.1 Å². The van der Waals surface area contributed by atoms with E-state index in [2.05, 4.69) is 0 Å².